The number of hydrogen-bond acceptors (Lipinski definition) is 7. The molecule has 3 heterocycles. The summed E-state index contributed by atoms with van der Waals surface area (Å²) >= 11 is 1.45. The minimum Gasteiger partial charge on any atom is -0.440 e. The Bertz CT molecular complexity index is 827. The number of aryl methyl sites for hydroxylation is 2. The van der Waals surface area contributed by atoms with Crippen LogP contribution in [-0.2, 0) is 4.74 Å². The van der Waals surface area contributed by atoms with Gasteiger partial charge >= 0.3 is 6.09 Å². The lowest BCUT2D eigenvalue weighted by Gasteiger charge is -2.13. The van der Waals surface area contributed by atoms with Crippen LogP contribution in [0.4, 0.5) is 10.6 Å². The highest BCUT2D eigenvalue weighted by molar-refractivity contribution is 7.17. The summed E-state index contributed by atoms with van der Waals surface area (Å²) in [7, 11) is 0. The van der Waals surface area contributed by atoms with Gasteiger partial charge in [-0.05, 0) is 26.8 Å². The molecule has 0 aliphatic heterocycles. The van der Waals surface area contributed by atoms with Gasteiger partial charge in [-0.1, -0.05) is 11.3 Å². The Balaban J connectivity index is 1.70. The van der Waals surface area contributed by atoms with Crippen LogP contribution in [0.2, 0.25) is 0 Å². The van der Waals surface area contributed by atoms with E-state index < -0.39 is 12.2 Å². The number of amides is 1. The van der Waals surface area contributed by atoms with Crippen LogP contribution >= 0.6 is 11.3 Å². The molecule has 0 spiro atoms. The molecule has 0 bridgehead atoms. The van der Waals surface area contributed by atoms with Crippen molar-refractivity contribution in [1.82, 2.24) is 24.6 Å². The van der Waals surface area contributed by atoms with Crippen molar-refractivity contribution in [3.63, 3.8) is 0 Å². The van der Waals surface area contributed by atoms with Crippen LogP contribution in [0.3, 0.4) is 0 Å². The Morgan fingerprint density at radius 2 is 2.23 bits per heavy atom. The normalized spacial score (nSPS) is 12.3. The molecule has 9 heteroatoms. The summed E-state index contributed by atoms with van der Waals surface area (Å²) in [6, 6.07) is 1.60. The Morgan fingerprint density at radius 1 is 1.41 bits per heavy atom. The molecule has 114 valence electrons. The van der Waals surface area contributed by atoms with Crippen LogP contribution in [0, 0.1) is 13.8 Å². The number of carbonyl (C=O) groups is 1. The van der Waals surface area contributed by atoms with Crippen molar-refractivity contribution >= 4 is 28.2 Å². The van der Waals surface area contributed by atoms with E-state index in [4.69, 9.17) is 4.74 Å². The van der Waals surface area contributed by atoms with Crippen LogP contribution in [0.1, 0.15) is 29.4 Å². The van der Waals surface area contributed by atoms with Gasteiger partial charge in [0, 0.05) is 6.20 Å². The maximum Gasteiger partial charge on any atom is 0.413 e. The van der Waals surface area contributed by atoms with Gasteiger partial charge in [0.25, 0.3) is 0 Å². The topological polar surface area (TPSA) is 94.3 Å². The van der Waals surface area contributed by atoms with Crippen LogP contribution in [0.5, 0.6) is 0 Å². The average molecular weight is 318 g/mol. The smallest absolute Gasteiger partial charge is 0.413 e. The number of nitrogens with zero attached hydrogens (tertiary/aromatic N) is 5. The van der Waals surface area contributed by atoms with E-state index in [1.54, 1.807) is 23.7 Å². The average Bonchev–Trinajstić information content (AvgIpc) is 3.02. The fourth-order valence-corrected chi connectivity index (χ4v) is 3.07. The molecule has 22 heavy (non-hydrogen) atoms. The molecular formula is C13H14N6O2S. The number of fused-ring (bicyclic) bond motifs is 1. The lowest BCUT2D eigenvalue weighted by atomic mass is 10.3. The summed E-state index contributed by atoms with van der Waals surface area (Å²) in [5, 5.41) is 6.71. The summed E-state index contributed by atoms with van der Waals surface area (Å²) in [6.07, 6.45) is 2.10. The summed E-state index contributed by atoms with van der Waals surface area (Å²) in [5.74, 6) is 0.983. The van der Waals surface area contributed by atoms with E-state index in [1.165, 1.54) is 17.7 Å². The van der Waals surface area contributed by atoms with Gasteiger partial charge in [0.15, 0.2) is 0 Å². The zero-order valence-corrected chi connectivity index (χ0v) is 13.1. The summed E-state index contributed by atoms with van der Waals surface area (Å²) in [6.45, 7) is 5.47. The second-order valence-electron chi connectivity index (χ2n) is 4.67. The molecule has 3 aromatic rings. The van der Waals surface area contributed by atoms with Crippen LogP contribution < -0.4 is 5.32 Å². The maximum atomic E-state index is 11.9. The Labute approximate surface area is 130 Å². The Morgan fingerprint density at radius 3 is 2.95 bits per heavy atom. The summed E-state index contributed by atoms with van der Waals surface area (Å²) < 4.78 is 7.12. The van der Waals surface area contributed by atoms with Crippen LogP contribution in [0.25, 0.3) is 4.96 Å². The van der Waals surface area contributed by atoms with E-state index in [1.807, 2.05) is 13.8 Å². The fourth-order valence-electron chi connectivity index (χ4n) is 2.06. The monoisotopic (exact) mass is 318 g/mol. The van der Waals surface area contributed by atoms with Crippen molar-refractivity contribution in [2.45, 2.75) is 26.9 Å². The molecule has 1 amide bonds. The molecule has 1 unspecified atom stereocenters. The third kappa shape index (κ3) is 2.75. The first kappa shape index (κ1) is 14.4. The van der Waals surface area contributed by atoms with E-state index in [0.29, 0.717) is 11.6 Å². The molecular weight excluding hydrogens is 304 g/mol. The molecule has 0 saturated carbocycles. The molecule has 0 radical (unpaired) electrons. The van der Waals surface area contributed by atoms with Crippen LogP contribution in [0.15, 0.2) is 18.6 Å². The number of aromatic nitrogens is 5. The van der Waals surface area contributed by atoms with E-state index >= 15 is 0 Å². The molecule has 3 rings (SSSR count). The molecule has 0 fully saturated rings. The molecule has 0 aliphatic rings. The molecule has 0 aromatic carbocycles. The van der Waals surface area contributed by atoms with Crippen molar-refractivity contribution < 1.29 is 9.53 Å². The third-order valence-electron chi connectivity index (χ3n) is 3.05. The number of ether oxygens (including phenoxy) is 1. The molecule has 0 aliphatic carbocycles. The zero-order chi connectivity index (χ0) is 15.7. The Kier molecular flexibility index (Phi) is 3.72. The number of thiazole rings is 1. The number of hydrogen-bond donors (Lipinski definition) is 1. The number of nitrogens with one attached hydrogen (secondary N) is 1. The van der Waals surface area contributed by atoms with Gasteiger partial charge in [0.05, 0.1) is 10.6 Å². The summed E-state index contributed by atoms with van der Waals surface area (Å²) in [4.78, 5) is 25.8. The van der Waals surface area contributed by atoms with Gasteiger partial charge in [-0.25, -0.2) is 24.3 Å². The number of carbonyl (C=O) groups excluding carboxylic acids is 1. The van der Waals surface area contributed by atoms with Crippen molar-refractivity contribution in [3.05, 3.63) is 35.0 Å². The first-order chi connectivity index (χ1) is 10.5. The van der Waals surface area contributed by atoms with Gasteiger partial charge in [-0.15, -0.1) is 0 Å². The number of rotatable bonds is 3. The first-order valence-corrected chi connectivity index (χ1v) is 7.42. The second kappa shape index (κ2) is 5.68. The van der Waals surface area contributed by atoms with E-state index in [9.17, 15) is 4.79 Å². The van der Waals surface area contributed by atoms with E-state index in [0.717, 1.165) is 15.5 Å². The third-order valence-corrected chi connectivity index (χ3v) is 4.36. The molecule has 1 N–H and O–H groups in total. The molecule has 1 atom stereocenters. The molecule has 8 nitrogen and oxygen atoms in total. The number of anilines is 1. The Hall–Kier alpha value is -2.55. The minimum atomic E-state index is -0.566. The quantitative estimate of drug-likeness (QED) is 0.797. The van der Waals surface area contributed by atoms with Crippen molar-refractivity contribution in [2.24, 2.45) is 0 Å². The minimum absolute atomic E-state index is 0.406. The molecule has 0 saturated heterocycles. The van der Waals surface area contributed by atoms with Crippen molar-refractivity contribution in [1.29, 1.82) is 0 Å². The van der Waals surface area contributed by atoms with E-state index in [-0.39, 0.29) is 0 Å². The van der Waals surface area contributed by atoms with Gasteiger partial charge < -0.3 is 4.74 Å². The largest absolute Gasteiger partial charge is 0.440 e. The highest BCUT2D eigenvalue weighted by Crippen LogP contribution is 2.29. The van der Waals surface area contributed by atoms with Gasteiger partial charge in [0.1, 0.15) is 24.1 Å². The van der Waals surface area contributed by atoms with Gasteiger partial charge in [0.2, 0.25) is 4.96 Å². The zero-order valence-electron chi connectivity index (χ0n) is 12.3. The summed E-state index contributed by atoms with van der Waals surface area (Å²) in [5.41, 5.74) is 0.913. The van der Waals surface area contributed by atoms with Crippen LogP contribution in [-0.4, -0.2) is 30.7 Å². The highest BCUT2D eigenvalue weighted by Gasteiger charge is 2.19. The predicted molar refractivity (Wildman–Crippen MR) is 80.9 cm³/mol. The molecule has 3 aromatic heterocycles. The highest BCUT2D eigenvalue weighted by atomic mass is 32.1. The van der Waals surface area contributed by atoms with Gasteiger partial charge in [-0.2, -0.15) is 5.10 Å². The predicted octanol–water partition coefficient (Wildman–Crippen LogP) is 2.51. The van der Waals surface area contributed by atoms with E-state index in [2.05, 4.69) is 25.4 Å². The fraction of sp³-hybridized carbons (Fsp3) is 0.308. The SMILES string of the molecule is Cc1nccc(NC(=O)OC(C)c2sc3ncnn3c2C)n1. The maximum absolute atomic E-state index is 11.9. The lowest BCUT2D eigenvalue weighted by molar-refractivity contribution is 0.122. The standard InChI is InChI=1S/C13H14N6O2S/c1-7-11(22-12-15-6-16-19(7)12)8(2)21-13(20)18-10-4-5-14-9(3)17-10/h4-6,8H,1-3H3,(H,14,17,18,20). The van der Waals surface area contributed by atoms with Crippen molar-refractivity contribution in [2.75, 3.05) is 5.32 Å². The van der Waals surface area contributed by atoms with Crippen molar-refractivity contribution in [3.8, 4) is 0 Å². The van der Waals surface area contributed by atoms with Gasteiger partial charge in [-0.3, -0.25) is 5.32 Å². The lowest BCUT2D eigenvalue weighted by Crippen LogP contribution is -2.17. The second-order valence-corrected chi connectivity index (χ2v) is 5.68. The first-order valence-electron chi connectivity index (χ1n) is 6.61.